The number of ether oxygens (including phenoxy) is 1. The summed E-state index contributed by atoms with van der Waals surface area (Å²) in [5.41, 5.74) is 2.15. The van der Waals surface area contributed by atoms with Crippen LogP contribution in [0.25, 0.3) is 0 Å². The summed E-state index contributed by atoms with van der Waals surface area (Å²) >= 11 is 3.42. The molecule has 4 nitrogen and oxygen atoms in total. The Hall–Kier alpha value is -2.06. The van der Waals surface area contributed by atoms with Gasteiger partial charge in [-0.15, -0.1) is 0 Å². The van der Waals surface area contributed by atoms with Crippen molar-refractivity contribution < 1.29 is 4.74 Å². The SMILES string of the molecule is COc1ccc(Br)cc1NCc1cccnc1C#N. The number of methoxy groups -OCH3 is 1. The number of aromatic nitrogens is 1. The van der Waals surface area contributed by atoms with Crippen molar-refractivity contribution in [3.05, 3.63) is 52.3 Å². The smallest absolute Gasteiger partial charge is 0.145 e. The molecule has 0 radical (unpaired) electrons. The van der Waals surface area contributed by atoms with Crippen molar-refractivity contribution in [2.24, 2.45) is 0 Å². The van der Waals surface area contributed by atoms with E-state index < -0.39 is 0 Å². The predicted molar refractivity (Wildman–Crippen MR) is 77.0 cm³/mol. The van der Waals surface area contributed by atoms with Crippen LogP contribution in [0.5, 0.6) is 5.75 Å². The number of nitrogens with one attached hydrogen (secondary N) is 1. The molecule has 0 unspecified atom stereocenters. The lowest BCUT2D eigenvalue weighted by Gasteiger charge is -2.12. The van der Waals surface area contributed by atoms with E-state index >= 15 is 0 Å². The van der Waals surface area contributed by atoms with E-state index in [9.17, 15) is 0 Å². The van der Waals surface area contributed by atoms with Crippen LogP contribution in [0.1, 0.15) is 11.3 Å². The van der Waals surface area contributed by atoms with Crippen molar-refractivity contribution in [1.29, 1.82) is 5.26 Å². The Kier molecular flexibility index (Phi) is 4.37. The molecule has 1 aromatic carbocycles. The van der Waals surface area contributed by atoms with Gasteiger partial charge in [-0.3, -0.25) is 0 Å². The quantitative estimate of drug-likeness (QED) is 0.939. The van der Waals surface area contributed by atoms with Gasteiger partial charge >= 0.3 is 0 Å². The Bertz CT molecular complexity index is 622. The fourth-order valence-electron chi connectivity index (χ4n) is 1.69. The molecule has 0 saturated heterocycles. The van der Waals surface area contributed by atoms with Crippen LogP contribution in [0.2, 0.25) is 0 Å². The first-order valence-electron chi connectivity index (χ1n) is 5.66. The number of hydrogen-bond donors (Lipinski definition) is 1. The molecule has 0 saturated carbocycles. The second-order valence-electron chi connectivity index (χ2n) is 3.82. The molecule has 0 aliphatic carbocycles. The first kappa shape index (κ1) is 13.4. The zero-order valence-electron chi connectivity index (χ0n) is 10.4. The van der Waals surface area contributed by atoms with Gasteiger partial charge in [-0.25, -0.2) is 4.98 Å². The lowest BCUT2D eigenvalue weighted by molar-refractivity contribution is 0.416. The molecule has 1 N–H and O–H groups in total. The van der Waals surface area contributed by atoms with Gasteiger partial charge < -0.3 is 10.1 Å². The summed E-state index contributed by atoms with van der Waals surface area (Å²) in [6.45, 7) is 0.517. The van der Waals surface area contributed by atoms with E-state index in [0.29, 0.717) is 12.2 Å². The van der Waals surface area contributed by atoms with Crippen molar-refractivity contribution in [3.63, 3.8) is 0 Å². The number of pyridine rings is 1. The second-order valence-corrected chi connectivity index (χ2v) is 4.74. The Labute approximate surface area is 120 Å². The van der Waals surface area contributed by atoms with Gasteiger partial charge in [0.2, 0.25) is 0 Å². The molecule has 0 atom stereocenters. The molecule has 5 heteroatoms. The Morgan fingerprint density at radius 1 is 1.42 bits per heavy atom. The molecule has 19 heavy (non-hydrogen) atoms. The number of anilines is 1. The van der Waals surface area contributed by atoms with Crippen LogP contribution >= 0.6 is 15.9 Å². The molecule has 0 spiro atoms. The summed E-state index contributed by atoms with van der Waals surface area (Å²) in [6.07, 6.45) is 1.61. The van der Waals surface area contributed by atoms with Crippen LogP contribution in [-0.4, -0.2) is 12.1 Å². The number of hydrogen-bond acceptors (Lipinski definition) is 4. The minimum atomic E-state index is 0.434. The predicted octanol–water partition coefficient (Wildman–Crippen LogP) is 3.34. The van der Waals surface area contributed by atoms with Crippen molar-refractivity contribution in [2.45, 2.75) is 6.54 Å². The maximum atomic E-state index is 8.99. The van der Waals surface area contributed by atoms with Gasteiger partial charge in [-0.1, -0.05) is 22.0 Å². The number of nitrogens with zero attached hydrogens (tertiary/aromatic N) is 2. The topological polar surface area (TPSA) is 57.9 Å². The standard InChI is InChI=1S/C14H12BrN3O/c1-19-14-5-4-11(15)7-12(14)18-9-10-3-2-6-17-13(10)8-16/h2-7,18H,9H2,1H3. The summed E-state index contributed by atoms with van der Waals surface area (Å²) < 4.78 is 6.24. The summed E-state index contributed by atoms with van der Waals surface area (Å²) in [5.74, 6) is 0.755. The largest absolute Gasteiger partial charge is 0.495 e. The highest BCUT2D eigenvalue weighted by Gasteiger charge is 2.06. The fraction of sp³-hybridized carbons (Fsp3) is 0.143. The van der Waals surface area contributed by atoms with Crippen LogP contribution in [0.4, 0.5) is 5.69 Å². The summed E-state index contributed by atoms with van der Waals surface area (Å²) in [7, 11) is 1.62. The average Bonchev–Trinajstić information content (AvgIpc) is 2.45. The third kappa shape index (κ3) is 3.24. The summed E-state index contributed by atoms with van der Waals surface area (Å²) in [6, 6.07) is 11.5. The minimum absolute atomic E-state index is 0.434. The van der Waals surface area contributed by atoms with E-state index in [1.54, 1.807) is 13.3 Å². The first-order valence-corrected chi connectivity index (χ1v) is 6.45. The lowest BCUT2D eigenvalue weighted by atomic mass is 10.2. The summed E-state index contributed by atoms with van der Waals surface area (Å²) in [4.78, 5) is 4.03. The van der Waals surface area contributed by atoms with Gasteiger partial charge in [0.05, 0.1) is 12.8 Å². The molecule has 1 aromatic heterocycles. The second kappa shape index (κ2) is 6.21. The molecule has 0 bridgehead atoms. The lowest BCUT2D eigenvalue weighted by Crippen LogP contribution is -2.04. The Morgan fingerprint density at radius 2 is 2.26 bits per heavy atom. The monoisotopic (exact) mass is 317 g/mol. The van der Waals surface area contributed by atoms with Crippen LogP contribution in [0.3, 0.4) is 0 Å². The number of rotatable bonds is 4. The van der Waals surface area contributed by atoms with E-state index in [2.05, 4.69) is 32.3 Å². The maximum Gasteiger partial charge on any atom is 0.145 e. The minimum Gasteiger partial charge on any atom is -0.495 e. The van der Waals surface area contributed by atoms with Crippen LogP contribution in [0, 0.1) is 11.3 Å². The van der Waals surface area contributed by atoms with Gasteiger partial charge in [0.15, 0.2) is 0 Å². The molecular weight excluding hydrogens is 306 g/mol. The highest BCUT2D eigenvalue weighted by atomic mass is 79.9. The molecule has 1 heterocycles. The molecule has 2 aromatic rings. The van der Waals surface area contributed by atoms with E-state index in [4.69, 9.17) is 10.00 Å². The van der Waals surface area contributed by atoms with Crippen molar-refractivity contribution in [3.8, 4) is 11.8 Å². The molecule has 0 aliphatic heterocycles. The molecule has 0 fully saturated rings. The summed E-state index contributed by atoms with van der Waals surface area (Å²) in [5, 5.41) is 12.2. The van der Waals surface area contributed by atoms with Gasteiger partial charge in [0.1, 0.15) is 17.5 Å². The zero-order valence-corrected chi connectivity index (χ0v) is 11.9. The highest BCUT2D eigenvalue weighted by Crippen LogP contribution is 2.28. The molecule has 0 amide bonds. The highest BCUT2D eigenvalue weighted by molar-refractivity contribution is 9.10. The van der Waals surface area contributed by atoms with Gasteiger partial charge in [0, 0.05) is 22.8 Å². The molecule has 0 aliphatic rings. The first-order chi connectivity index (χ1) is 9.24. The van der Waals surface area contributed by atoms with E-state index in [-0.39, 0.29) is 0 Å². The normalized spacial score (nSPS) is 9.74. The maximum absolute atomic E-state index is 8.99. The average molecular weight is 318 g/mol. The van der Waals surface area contributed by atoms with E-state index in [0.717, 1.165) is 21.5 Å². The van der Waals surface area contributed by atoms with Crippen LogP contribution in [0.15, 0.2) is 41.0 Å². The van der Waals surface area contributed by atoms with Gasteiger partial charge in [-0.05, 0) is 24.3 Å². The van der Waals surface area contributed by atoms with E-state index in [1.807, 2.05) is 30.3 Å². The molecular formula is C14H12BrN3O. The third-order valence-electron chi connectivity index (χ3n) is 2.63. The molecule has 96 valence electrons. The molecule has 2 rings (SSSR count). The van der Waals surface area contributed by atoms with Crippen LogP contribution < -0.4 is 10.1 Å². The number of nitriles is 1. The fourth-order valence-corrected chi connectivity index (χ4v) is 2.05. The Morgan fingerprint density at radius 3 is 3.00 bits per heavy atom. The third-order valence-corrected chi connectivity index (χ3v) is 3.12. The number of halogens is 1. The van der Waals surface area contributed by atoms with Crippen molar-refractivity contribution in [2.75, 3.05) is 12.4 Å². The van der Waals surface area contributed by atoms with E-state index in [1.165, 1.54) is 0 Å². The van der Waals surface area contributed by atoms with Gasteiger partial charge in [0.25, 0.3) is 0 Å². The van der Waals surface area contributed by atoms with Crippen LogP contribution in [-0.2, 0) is 6.54 Å². The zero-order chi connectivity index (χ0) is 13.7. The van der Waals surface area contributed by atoms with Crippen molar-refractivity contribution >= 4 is 21.6 Å². The van der Waals surface area contributed by atoms with Crippen molar-refractivity contribution in [1.82, 2.24) is 4.98 Å². The van der Waals surface area contributed by atoms with Gasteiger partial charge in [-0.2, -0.15) is 5.26 Å². The Balaban J connectivity index is 2.19. The number of benzene rings is 1.